The normalized spacial score (nSPS) is 25.3. The maximum absolute atomic E-state index is 12.2. The molecule has 0 aromatic heterocycles. The van der Waals surface area contributed by atoms with Gasteiger partial charge in [0, 0.05) is 25.8 Å². The van der Waals surface area contributed by atoms with Gasteiger partial charge in [0.05, 0.1) is 25.4 Å². The zero-order valence-corrected chi connectivity index (χ0v) is 10.9. The molecule has 1 saturated heterocycles. The second kappa shape index (κ2) is 5.28. The molecule has 2 atom stereocenters. The van der Waals surface area contributed by atoms with Crippen LogP contribution in [0.4, 0.5) is 0 Å². The molecule has 2 N–H and O–H groups in total. The first-order valence-corrected chi connectivity index (χ1v) is 6.52. The van der Waals surface area contributed by atoms with Crippen molar-refractivity contribution in [1.29, 1.82) is 0 Å². The standard InChI is InChI=1S/C14H18N2O3/c1-18-13-6-15-5-12(13)16-14(17)9-2-3-10-7-19-8-11(10)4-9/h2-4,12-13,15H,5-8H2,1H3,(H,16,17)/t12?,13-/m0/s1. The monoisotopic (exact) mass is 262 g/mol. The fraction of sp³-hybridized carbons (Fsp3) is 0.500. The van der Waals surface area contributed by atoms with Crippen molar-refractivity contribution in [3.63, 3.8) is 0 Å². The number of hydrogen-bond acceptors (Lipinski definition) is 4. The topological polar surface area (TPSA) is 59.6 Å². The van der Waals surface area contributed by atoms with Crippen molar-refractivity contribution in [2.24, 2.45) is 0 Å². The molecule has 1 fully saturated rings. The molecule has 2 heterocycles. The maximum atomic E-state index is 12.2. The van der Waals surface area contributed by atoms with Crippen LogP contribution in [0.5, 0.6) is 0 Å². The molecule has 0 spiro atoms. The van der Waals surface area contributed by atoms with Gasteiger partial charge in [-0.05, 0) is 23.3 Å². The average molecular weight is 262 g/mol. The molecule has 1 unspecified atom stereocenters. The van der Waals surface area contributed by atoms with Crippen molar-refractivity contribution in [2.75, 3.05) is 20.2 Å². The first kappa shape index (κ1) is 12.6. The highest BCUT2D eigenvalue weighted by atomic mass is 16.5. The first-order chi connectivity index (χ1) is 9.28. The van der Waals surface area contributed by atoms with Crippen LogP contribution in [-0.2, 0) is 22.7 Å². The Morgan fingerprint density at radius 2 is 2.21 bits per heavy atom. The fourth-order valence-corrected chi connectivity index (χ4v) is 2.61. The zero-order valence-electron chi connectivity index (χ0n) is 10.9. The summed E-state index contributed by atoms with van der Waals surface area (Å²) < 4.78 is 10.7. The van der Waals surface area contributed by atoms with E-state index in [2.05, 4.69) is 10.6 Å². The summed E-state index contributed by atoms with van der Waals surface area (Å²) >= 11 is 0. The summed E-state index contributed by atoms with van der Waals surface area (Å²) in [6, 6.07) is 5.77. The minimum absolute atomic E-state index is 0.0296. The van der Waals surface area contributed by atoms with Crippen LogP contribution in [0.1, 0.15) is 21.5 Å². The molecule has 19 heavy (non-hydrogen) atoms. The molecule has 1 aromatic rings. The molecular weight excluding hydrogens is 244 g/mol. The third kappa shape index (κ3) is 2.49. The SMILES string of the molecule is CO[C@H]1CNCC1NC(=O)c1ccc2c(c1)COC2. The van der Waals surface area contributed by atoms with Crippen LogP contribution in [-0.4, -0.2) is 38.3 Å². The number of methoxy groups -OCH3 is 1. The lowest BCUT2D eigenvalue weighted by Crippen LogP contribution is -2.43. The van der Waals surface area contributed by atoms with Gasteiger partial charge >= 0.3 is 0 Å². The summed E-state index contributed by atoms with van der Waals surface area (Å²) in [5.74, 6) is -0.0505. The van der Waals surface area contributed by atoms with Gasteiger partial charge < -0.3 is 20.1 Å². The molecule has 0 radical (unpaired) electrons. The van der Waals surface area contributed by atoms with E-state index in [1.54, 1.807) is 7.11 Å². The van der Waals surface area contributed by atoms with E-state index in [-0.39, 0.29) is 18.1 Å². The fourth-order valence-electron chi connectivity index (χ4n) is 2.61. The number of carbonyl (C=O) groups excluding carboxylic acids is 1. The molecule has 3 rings (SSSR count). The maximum Gasteiger partial charge on any atom is 0.251 e. The van der Waals surface area contributed by atoms with E-state index in [0.29, 0.717) is 18.8 Å². The Hall–Kier alpha value is -1.43. The third-order valence-corrected chi connectivity index (χ3v) is 3.76. The van der Waals surface area contributed by atoms with Gasteiger partial charge in [0.15, 0.2) is 0 Å². The largest absolute Gasteiger partial charge is 0.378 e. The van der Waals surface area contributed by atoms with E-state index in [0.717, 1.165) is 18.7 Å². The van der Waals surface area contributed by atoms with Gasteiger partial charge in [-0.2, -0.15) is 0 Å². The van der Waals surface area contributed by atoms with Crippen molar-refractivity contribution in [3.05, 3.63) is 34.9 Å². The molecule has 1 amide bonds. The van der Waals surface area contributed by atoms with Gasteiger partial charge in [0.25, 0.3) is 5.91 Å². The third-order valence-electron chi connectivity index (χ3n) is 3.76. The van der Waals surface area contributed by atoms with Crippen LogP contribution in [0.25, 0.3) is 0 Å². The lowest BCUT2D eigenvalue weighted by Gasteiger charge is -2.18. The van der Waals surface area contributed by atoms with E-state index in [1.165, 1.54) is 5.56 Å². The van der Waals surface area contributed by atoms with Crippen molar-refractivity contribution in [2.45, 2.75) is 25.4 Å². The smallest absolute Gasteiger partial charge is 0.251 e. The van der Waals surface area contributed by atoms with Crippen LogP contribution in [0.3, 0.4) is 0 Å². The first-order valence-electron chi connectivity index (χ1n) is 6.52. The Balaban J connectivity index is 1.70. The lowest BCUT2D eigenvalue weighted by atomic mass is 10.1. The Morgan fingerprint density at radius 3 is 3.05 bits per heavy atom. The van der Waals surface area contributed by atoms with Gasteiger partial charge in [-0.3, -0.25) is 4.79 Å². The second-order valence-electron chi connectivity index (χ2n) is 4.99. The van der Waals surface area contributed by atoms with Gasteiger partial charge in [-0.25, -0.2) is 0 Å². The van der Waals surface area contributed by atoms with E-state index in [1.807, 2.05) is 18.2 Å². The summed E-state index contributed by atoms with van der Waals surface area (Å²) in [7, 11) is 1.67. The molecule has 2 aliphatic heterocycles. The van der Waals surface area contributed by atoms with Crippen LogP contribution in [0.15, 0.2) is 18.2 Å². The molecular formula is C14H18N2O3. The number of amides is 1. The van der Waals surface area contributed by atoms with Crippen LogP contribution in [0.2, 0.25) is 0 Å². The zero-order chi connectivity index (χ0) is 13.2. The molecule has 0 saturated carbocycles. The van der Waals surface area contributed by atoms with Crippen molar-refractivity contribution in [1.82, 2.24) is 10.6 Å². The van der Waals surface area contributed by atoms with Crippen molar-refractivity contribution < 1.29 is 14.3 Å². The molecule has 1 aromatic carbocycles. The van der Waals surface area contributed by atoms with E-state index in [9.17, 15) is 4.79 Å². The number of carbonyl (C=O) groups is 1. The van der Waals surface area contributed by atoms with E-state index in [4.69, 9.17) is 9.47 Å². The number of hydrogen-bond donors (Lipinski definition) is 2. The van der Waals surface area contributed by atoms with Crippen LogP contribution >= 0.6 is 0 Å². The summed E-state index contributed by atoms with van der Waals surface area (Å²) in [5, 5.41) is 6.23. The highest BCUT2D eigenvalue weighted by molar-refractivity contribution is 5.94. The van der Waals surface area contributed by atoms with Gasteiger partial charge in [0.1, 0.15) is 0 Å². The average Bonchev–Trinajstić information content (AvgIpc) is 3.05. The molecule has 0 bridgehead atoms. The Labute approximate surface area is 112 Å². The quantitative estimate of drug-likeness (QED) is 0.829. The Morgan fingerprint density at radius 1 is 1.37 bits per heavy atom. The lowest BCUT2D eigenvalue weighted by molar-refractivity contribution is 0.0779. The molecule has 0 aliphatic carbocycles. The van der Waals surface area contributed by atoms with Crippen LogP contribution < -0.4 is 10.6 Å². The predicted octanol–water partition coefficient (Wildman–Crippen LogP) is 0.433. The number of fused-ring (bicyclic) bond motifs is 1. The van der Waals surface area contributed by atoms with Crippen molar-refractivity contribution >= 4 is 5.91 Å². The predicted molar refractivity (Wildman–Crippen MR) is 69.9 cm³/mol. The Kier molecular flexibility index (Phi) is 3.50. The van der Waals surface area contributed by atoms with E-state index < -0.39 is 0 Å². The van der Waals surface area contributed by atoms with E-state index >= 15 is 0 Å². The van der Waals surface area contributed by atoms with Gasteiger partial charge in [-0.1, -0.05) is 6.07 Å². The van der Waals surface area contributed by atoms with Crippen molar-refractivity contribution in [3.8, 4) is 0 Å². The Bertz CT molecular complexity index is 490. The summed E-state index contributed by atoms with van der Waals surface area (Å²) in [6.07, 6.45) is 0.0433. The highest BCUT2D eigenvalue weighted by Crippen LogP contribution is 2.21. The highest BCUT2D eigenvalue weighted by Gasteiger charge is 2.28. The summed E-state index contributed by atoms with van der Waals surface area (Å²) in [4.78, 5) is 12.2. The number of nitrogens with one attached hydrogen (secondary N) is 2. The number of ether oxygens (including phenoxy) is 2. The molecule has 5 nitrogen and oxygen atoms in total. The molecule has 2 aliphatic rings. The molecule has 5 heteroatoms. The number of rotatable bonds is 3. The van der Waals surface area contributed by atoms with Gasteiger partial charge in [0.2, 0.25) is 0 Å². The molecule has 102 valence electrons. The second-order valence-corrected chi connectivity index (χ2v) is 4.99. The van der Waals surface area contributed by atoms with Crippen LogP contribution in [0, 0.1) is 0 Å². The summed E-state index contributed by atoms with van der Waals surface area (Å²) in [5.41, 5.74) is 2.97. The summed E-state index contributed by atoms with van der Waals surface area (Å²) in [6.45, 7) is 2.77. The minimum atomic E-state index is -0.0505. The number of benzene rings is 1. The minimum Gasteiger partial charge on any atom is -0.378 e. The van der Waals surface area contributed by atoms with Gasteiger partial charge in [-0.15, -0.1) is 0 Å².